The molecule has 0 amide bonds. The van der Waals surface area contributed by atoms with Crippen molar-refractivity contribution in [2.24, 2.45) is 0 Å². The molecule has 28 heavy (non-hydrogen) atoms. The molecular formula is C21H28FN5O. The number of ether oxygens (including phenoxy) is 1. The van der Waals surface area contributed by atoms with Gasteiger partial charge in [0.1, 0.15) is 0 Å². The Hall–Kier alpha value is -2.25. The highest BCUT2D eigenvalue weighted by atomic mass is 19.1. The van der Waals surface area contributed by atoms with E-state index in [1.807, 2.05) is 12.1 Å². The van der Waals surface area contributed by atoms with E-state index in [4.69, 9.17) is 4.74 Å². The standard InChI is InChI=1S/C21H28FN5O/c1-26-10-12-27(13-11-26)17-6-4-16(5-7-17)24-21-23-15-19(22)20(25-21)9-8-18-3-2-14-28-18/h4-7,15,18H,2-3,8-14H2,1H3,(H,23,24,25). The van der Waals surface area contributed by atoms with E-state index in [2.05, 4.69) is 44.3 Å². The van der Waals surface area contributed by atoms with Crippen LogP contribution in [0.3, 0.4) is 0 Å². The molecule has 4 rings (SSSR count). The second kappa shape index (κ2) is 8.84. The molecule has 7 heteroatoms. The molecule has 150 valence electrons. The lowest BCUT2D eigenvalue weighted by molar-refractivity contribution is 0.104. The third-order valence-corrected chi connectivity index (χ3v) is 5.54. The van der Waals surface area contributed by atoms with Crippen molar-refractivity contribution in [1.82, 2.24) is 14.9 Å². The topological polar surface area (TPSA) is 53.5 Å². The van der Waals surface area contributed by atoms with Gasteiger partial charge in [0, 0.05) is 44.2 Å². The van der Waals surface area contributed by atoms with Crippen molar-refractivity contribution < 1.29 is 9.13 Å². The lowest BCUT2D eigenvalue weighted by atomic mass is 10.1. The van der Waals surface area contributed by atoms with E-state index in [1.54, 1.807) is 0 Å². The van der Waals surface area contributed by atoms with Crippen molar-refractivity contribution in [3.8, 4) is 0 Å². The van der Waals surface area contributed by atoms with E-state index in [-0.39, 0.29) is 11.9 Å². The van der Waals surface area contributed by atoms with Gasteiger partial charge in [-0.3, -0.25) is 0 Å². The summed E-state index contributed by atoms with van der Waals surface area (Å²) in [6.07, 6.45) is 4.99. The molecule has 2 aromatic rings. The van der Waals surface area contributed by atoms with Crippen LogP contribution in [0, 0.1) is 5.82 Å². The minimum absolute atomic E-state index is 0.230. The van der Waals surface area contributed by atoms with Gasteiger partial charge < -0.3 is 19.9 Å². The minimum Gasteiger partial charge on any atom is -0.378 e. The van der Waals surface area contributed by atoms with Gasteiger partial charge in [0.25, 0.3) is 0 Å². The van der Waals surface area contributed by atoms with E-state index in [1.165, 1.54) is 11.9 Å². The van der Waals surface area contributed by atoms with Gasteiger partial charge in [-0.2, -0.15) is 0 Å². The van der Waals surface area contributed by atoms with Crippen molar-refractivity contribution >= 4 is 17.3 Å². The maximum absolute atomic E-state index is 14.1. The number of benzene rings is 1. The first-order valence-corrected chi connectivity index (χ1v) is 10.1. The average Bonchev–Trinajstić information content (AvgIpc) is 3.23. The van der Waals surface area contributed by atoms with Gasteiger partial charge >= 0.3 is 0 Å². The van der Waals surface area contributed by atoms with Gasteiger partial charge in [-0.15, -0.1) is 0 Å². The van der Waals surface area contributed by atoms with Crippen LogP contribution in [0.1, 0.15) is 25.0 Å². The van der Waals surface area contributed by atoms with Gasteiger partial charge in [0.2, 0.25) is 5.95 Å². The number of halogens is 1. The quantitative estimate of drug-likeness (QED) is 0.824. The second-order valence-electron chi connectivity index (χ2n) is 7.62. The van der Waals surface area contributed by atoms with E-state index in [0.29, 0.717) is 18.1 Å². The summed E-state index contributed by atoms with van der Waals surface area (Å²) in [6.45, 7) is 5.06. The van der Waals surface area contributed by atoms with Gasteiger partial charge in [-0.1, -0.05) is 0 Å². The number of hydrogen-bond acceptors (Lipinski definition) is 6. The highest BCUT2D eigenvalue weighted by molar-refractivity contribution is 5.59. The third-order valence-electron chi connectivity index (χ3n) is 5.54. The summed E-state index contributed by atoms with van der Waals surface area (Å²) >= 11 is 0. The molecule has 0 spiro atoms. The Labute approximate surface area is 165 Å². The van der Waals surface area contributed by atoms with E-state index >= 15 is 0 Å². The second-order valence-corrected chi connectivity index (χ2v) is 7.62. The number of nitrogens with zero attached hydrogens (tertiary/aromatic N) is 4. The fourth-order valence-corrected chi connectivity index (χ4v) is 3.76. The van der Waals surface area contributed by atoms with Crippen LogP contribution in [-0.4, -0.2) is 60.8 Å². The highest BCUT2D eigenvalue weighted by Gasteiger charge is 2.17. The van der Waals surface area contributed by atoms with E-state index in [0.717, 1.165) is 57.7 Å². The maximum atomic E-state index is 14.1. The molecular weight excluding hydrogens is 357 g/mol. The Bertz CT molecular complexity index is 771. The molecule has 2 aliphatic rings. The Kier molecular flexibility index (Phi) is 6.02. The zero-order chi connectivity index (χ0) is 19.3. The number of nitrogens with one attached hydrogen (secondary N) is 1. The predicted octanol–water partition coefficient (Wildman–Crippen LogP) is 3.22. The van der Waals surface area contributed by atoms with Crippen LogP contribution in [0.15, 0.2) is 30.5 Å². The largest absolute Gasteiger partial charge is 0.378 e. The van der Waals surface area contributed by atoms with Crippen LogP contribution in [-0.2, 0) is 11.2 Å². The number of piperazine rings is 1. The molecule has 0 aliphatic carbocycles. The Morgan fingerprint density at radius 1 is 1.18 bits per heavy atom. The van der Waals surface area contributed by atoms with Crippen LogP contribution >= 0.6 is 0 Å². The van der Waals surface area contributed by atoms with Crippen LogP contribution < -0.4 is 10.2 Å². The zero-order valence-corrected chi connectivity index (χ0v) is 16.4. The number of rotatable bonds is 6. The zero-order valence-electron chi connectivity index (χ0n) is 16.4. The molecule has 3 heterocycles. The van der Waals surface area contributed by atoms with E-state index in [9.17, 15) is 4.39 Å². The Balaban J connectivity index is 1.37. The molecule has 2 saturated heterocycles. The first-order chi connectivity index (χ1) is 13.7. The van der Waals surface area contributed by atoms with Crippen molar-refractivity contribution in [3.63, 3.8) is 0 Å². The maximum Gasteiger partial charge on any atom is 0.227 e. The van der Waals surface area contributed by atoms with Gasteiger partial charge in [0.15, 0.2) is 5.82 Å². The first kappa shape index (κ1) is 19.1. The molecule has 6 nitrogen and oxygen atoms in total. The smallest absolute Gasteiger partial charge is 0.227 e. The summed E-state index contributed by atoms with van der Waals surface area (Å²) in [4.78, 5) is 13.2. The summed E-state index contributed by atoms with van der Waals surface area (Å²) in [5, 5.41) is 3.19. The van der Waals surface area contributed by atoms with Gasteiger partial charge in [-0.25, -0.2) is 14.4 Å². The monoisotopic (exact) mass is 385 g/mol. The summed E-state index contributed by atoms with van der Waals surface area (Å²) in [7, 11) is 2.15. The fraction of sp³-hybridized carbons (Fsp3) is 0.524. The van der Waals surface area contributed by atoms with Crippen LogP contribution in [0.5, 0.6) is 0 Å². The molecule has 1 unspecified atom stereocenters. The average molecular weight is 385 g/mol. The summed E-state index contributed by atoms with van der Waals surface area (Å²) in [5.74, 6) is 0.0741. The SMILES string of the molecule is CN1CCN(c2ccc(Nc3ncc(F)c(CCC4CCCO4)n3)cc2)CC1. The van der Waals surface area contributed by atoms with Crippen LogP contribution in [0.2, 0.25) is 0 Å². The predicted molar refractivity (Wildman–Crippen MR) is 109 cm³/mol. The molecule has 1 aromatic heterocycles. The Morgan fingerprint density at radius 3 is 2.68 bits per heavy atom. The Morgan fingerprint density at radius 2 is 1.96 bits per heavy atom. The third kappa shape index (κ3) is 4.77. The van der Waals surface area contributed by atoms with Crippen LogP contribution in [0.25, 0.3) is 0 Å². The number of likely N-dealkylation sites (N-methyl/N-ethyl adjacent to an activating group) is 1. The van der Waals surface area contributed by atoms with Gasteiger partial charge in [-0.05, 0) is 57.0 Å². The first-order valence-electron chi connectivity index (χ1n) is 10.1. The minimum atomic E-state index is -0.353. The van der Waals surface area contributed by atoms with Crippen molar-refractivity contribution in [2.45, 2.75) is 31.8 Å². The molecule has 1 N–H and O–H groups in total. The fourth-order valence-electron chi connectivity index (χ4n) is 3.76. The lowest BCUT2D eigenvalue weighted by Crippen LogP contribution is -2.44. The van der Waals surface area contributed by atoms with Crippen LogP contribution in [0.4, 0.5) is 21.7 Å². The van der Waals surface area contributed by atoms with E-state index < -0.39 is 0 Å². The van der Waals surface area contributed by atoms with Crippen molar-refractivity contribution in [2.75, 3.05) is 50.1 Å². The molecule has 1 atom stereocenters. The normalized spacial score (nSPS) is 20.5. The number of anilines is 3. The molecule has 2 fully saturated rings. The summed E-state index contributed by atoms with van der Waals surface area (Å²) < 4.78 is 19.7. The number of aryl methyl sites for hydroxylation is 1. The highest BCUT2D eigenvalue weighted by Crippen LogP contribution is 2.22. The molecule has 0 radical (unpaired) electrons. The lowest BCUT2D eigenvalue weighted by Gasteiger charge is -2.34. The summed E-state index contributed by atoms with van der Waals surface area (Å²) in [6, 6.07) is 8.25. The molecule has 1 aromatic carbocycles. The molecule has 0 bridgehead atoms. The van der Waals surface area contributed by atoms with Crippen molar-refractivity contribution in [1.29, 1.82) is 0 Å². The molecule has 2 aliphatic heterocycles. The summed E-state index contributed by atoms with van der Waals surface area (Å²) in [5.41, 5.74) is 2.56. The van der Waals surface area contributed by atoms with Gasteiger partial charge in [0.05, 0.1) is 18.0 Å². The molecule has 0 saturated carbocycles. The number of hydrogen-bond donors (Lipinski definition) is 1. The number of aromatic nitrogens is 2. The van der Waals surface area contributed by atoms with Crippen molar-refractivity contribution in [3.05, 3.63) is 42.0 Å².